The topological polar surface area (TPSA) is 77.3 Å². The number of anilines is 1. The Labute approximate surface area is 116 Å². The molecule has 0 fully saturated rings. The van der Waals surface area contributed by atoms with E-state index in [-0.39, 0.29) is 5.84 Å². The summed E-state index contributed by atoms with van der Waals surface area (Å²) in [5.41, 5.74) is 12.1. The standard InChI is InChI=1S/C13H19FN4S/c1-5-6-9(10-8(2)17-12(16)19-10)18-11(15)13(3,4)7-14/h5-6H,1,7H2,2-4H3,(H2,15,18)(H2,16,17)/b9-6-. The van der Waals surface area contributed by atoms with Crippen molar-refractivity contribution in [3.63, 3.8) is 0 Å². The van der Waals surface area contributed by atoms with Gasteiger partial charge in [0.25, 0.3) is 0 Å². The Bertz CT molecular complexity index is 529. The van der Waals surface area contributed by atoms with E-state index in [0.717, 1.165) is 10.6 Å². The number of nitrogen functional groups attached to an aromatic ring is 1. The number of hydrogen-bond acceptors (Lipinski definition) is 4. The van der Waals surface area contributed by atoms with Gasteiger partial charge in [-0.3, -0.25) is 4.39 Å². The molecule has 1 heterocycles. The average Bonchev–Trinajstić information content (AvgIpc) is 2.67. The first-order valence-corrected chi connectivity index (χ1v) is 6.60. The molecule has 1 rings (SSSR count). The molecular weight excluding hydrogens is 263 g/mol. The first-order chi connectivity index (χ1) is 8.81. The summed E-state index contributed by atoms with van der Waals surface area (Å²) in [6, 6.07) is 0. The molecule has 104 valence electrons. The average molecular weight is 282 g/mol. The van der Waals surface area contributed by atoms with Crippen molar-refractivity contribution in [1.82, 2.24) is 4.98 Å². The van der Waals surface area contributed by atoms with Gasteiger partial charge in [0, 0.05) is 0 Å². The van der Waals surface area contributed by atoms with Crippen molar-refractivity contribution < 1.29 is 4.39 Å². The Hall–Kier alpha value is -1.69. The summed E-state index contributed by atoms with van der Waals surface area (Å²) in [5.74, 6) is 0.231. The smallest absolute Gasteiger partial charge is 0.180 e. The lowest BCUT2D eigenvalue weighted by Gasteiger charge is -2.19. The van der Waals surface area contributed by atoms with Gasteiger partial charge >= 0.3 is 0 Å². The third-order valence-electron chi connectivity index (χ3n) is 2.59. The quantitative estimate of drug-likeness (QED) is 0.495. The van der Waals surface area contributed by atoms with E-state index in [1.165, 1.54) is 11.3 Å². The van der Waals surface area contributed by atoms with Crippen molar-refractivity contribution in [2.75, 3.05) is 12.4 Å². The molecule has 0 aliphatic rings. The molecule has 0 aromatic carbocycles. The number of hydrogen-bond donors (Lipinski definition) is 2. The van der Waals surface area contributed by atoms with Crippen LogP contribution in [0.4, 0.5) is 9.52 Å². The van der Waals surface area contributed by atoms with Crippen LogP contribution in [0.2, 0.25) is 0 Å². The molecule has 0 aliphatic heterocycles. The Kier molecular flexibility index (Phi) is 4.83. The zero-order chi connectivity index (χ0) is 14.6. The number of rotatable bonds is 5. The molecule has 1 aromatic rings. The second kappa shape index (κ2) is 5.97. The van der Waals surface area contributed by atoms with Crippen molar-refractivity contribution >= 4 is 28.0 Å². The summed E-state index contributed by atoms with van der Waals surface area (Å²) < 4.78 is 12.9. The van der Waals surface area contributed by atoms with Crippen LogP contribution in [0.3, 0.4) is 0 Å². The van der Waals surface area contributed by atoms with Gasteiger partial charge in [0.2, 0.25) is 0 Å². The highest BCUT2D eigenvalue weighted by atomic mass is 32.1. The zero-order valence-electron chi connectivity index (χ0n) is 11.4. The van der Waals surface area contributed by atoms with E-state index in [1.54, 1.807) is 26.0 Å². The molecule has 6 heteroatoms. The Balaban J connectivity index is 3.25. The summed E-state index contributed by atoms with van der Waals surface area (Å²) in [7, 11) is 0. The molecule has 4 N–H and O–H groups in total. The van der Waals surface area contributed by atoms with Gasteiger partial charge < -0.3 is 11.5 Å². The van der Waals surface area contributed by atoms with Crippen LogP contribution in [0.15, 0.2) is 23.7 Å². The number of aliphatic imine (C=N–C) groups is 1. The SMILES string of the molecule is C=C/C=C(\N=C(/N)C(C)(C)CF)c1sc(N)nc1C. The minimum absolute atomic E-state index is 0.231. The number of thiazole rings is 1. The fraction of sp³-hybridized carbons (Fsp3) is 0.385. The van der Waals surface area contributed by atoms with Gasteiger partial charge in [-0.05, 0) is 13.0 Å². The molecule has 0 amide bonds. The van der Waals surface area contributed by atoms with Crippen LogP contribution < -0.4 is 11.5 Å². The summed E-state index contributed by atoms with van der Waals surface area (Å²) >= 11 is 1.32. The molecule has 0 atom stereocenters. The molecule has 0 aliphatic carbocycles. The second-order valence-corrected chi connectivity index (χ2v) is 5.80. The van der Waals surface area contributed by atoms with E-state index >= 15 is 0 Å². The van der Waals surface area contributed by atoms with Gasteiger partial charge in [0.05, 0.1) is 21.7 Å². The lowest BCUT2D eigenvalue weighted by Crippen LogP contribution is -2.33. The van der Waals surface area contributed by atoms with Gasteiger partial charge in [0.15, 0.2) is 5.13 Å². The molecule has 0 unspecified atom stereocenters. The van der Waals surface area contributed by atoms with Crippen LogP contribution in [-0.4, -0.2) is 17.5 Å². The highest BCUT2D eigenvalue weighted by Crippen LogP contribution is 2.29. The zero-order valence-corrected chi connectivity index (χ0v) is 12.2. The highest BCUT2D eigenvalue weighted by Gasteiger charge is 2.23. The molecule has 1 aromatic heterocycles. The summed E-state index contributed by atoms with van der Waals surface area (Å²) in [6.07, 6.45) is 3.31. The van der Waals surface area contributed by atoms with Crippen LogP contribution in [0.1, 0.15) is 24.4 Å². The maximum atomic E-state index is 12.9. The van der Waals surface area contributed by atoms with Crippen molar-refractivity contribution in [2.45, 2.75) is 20.8 Å². The number of halogens is 1. The first kappa shape index (κ1) is 15.4. The molecule has 0 bridgehead atoms. The van der Waals surface area contributed by atoms with E-state index in [0.29, 0.717) is 10.8 Å². The monoisotopic (exact) mass is 282 g/mol. The molecule has 0 spiro atoms. The van der Waals surface area contributed by atoms with Crippen LogP contribution >= 0.6 is 11.3 Å². The maximum Gasteiger partial charge on any atom is 0.180 e. The first-order valence-electron chi connectivity index (χ1n) is 5.78. The van der Waals surface area contributed by atoms with Crippen LogP contribution in [0.5, 0.6) is 0 Å². The number of nitrogens with zero attached hydrogens (tertiary/aromatic N) is 2. The minimum atomic E-state index is -0.801. The van der Waals surface area contributed by atoms with Gasteiger partial charge in [-0.1, -0.05) is 37.8 Å². The number of alkyl halides is 1. The van der Waals surface area contributed by atoms with E-state index < -0.39 is 12.1 Å². The van der Waals surface area contributed by atoms with E-state index in [1.807, 2.05) is 6.92 Å². The minimum Gasteiger partial charge on any atom is -0.387 e. The molecule has 0 saturated heterocycles. The largest absolute Gasteiger partial charge is 0.387 e. The van der Waals surface area contributed by atoms with E-state index in [4.69, 9.17) is 11.5 Å². The normalized spacial score (nSPS) is 13.7. The van der Waals surface area contributed by atoms with Gasteiger partial charge in [-0.2, -0.15) is 0 Å². The van der Waals surface area contributed by atoms with Gasteiger partial charge in [-0.25, -0.2) is 9.98 Å². The van der Waals surface area contributed by atoms with Crippen LogP contribution in [0.25, 0.3) is 5.70 Å². The highest BCUT2D eigenvalue weighted by molar-refractivity contribution is 7.16. The molecule has 19 heavy (non-hydrogen) atoms. The van der Waals surface area contributed by atoms with E-state index in [2.05, 4.69) is 16.6 Å². The van der Waals surface area contributed by atoms with Crippen molar-refractivity contribution in [1.29, 1.82) is 0 Å². The van der Waals surface area contributed by atoms with Crippen LogP contribution in [-0.2, 0) is 0 Å². The lowest BCUT2D eigenvalue weighted by atomic mass is 9.94. The van der Waals surface area contributed by atoms with E-state index in [9.17, 15) is 4.39 Å². The Morgan fingerprint density at radius 1 is 1.58 bits per heavy atom. The van der Waals surface area contributed by atoms with Crippen molar-refractivity contribution in [2.24, 2.45) is 16.1 Å². The predicted octanol–water partition coefficient (Wildman–Crippen LogP) is 2.91. The molecule has 0 saturated carbocycles. The number of nitrogens with two attached hydrogens (primary N) is 2. The molecular formula is C13H19FN4S. The maximum absolute atomic E-state index is 12.9. The Morgan fingerprint density at radius 3 is 2.63 bits per heavy atom. The van der Waals surface area contributed by atoms with Crippen molar-refractivity contribution in [3.8, 4) is 0 Å². The Morgan fingerprint density at radius 2 is 2.21 bits per heavy atom. The predicted molar refractivity (Wildman–Crippen MR) is 80.8 cm³/mol. The van der Waals surface area contributed by atoms with Gasteiger partial charge in [-0.15, -0.1) is 0 Å². The van der Waals surface area contributed by atoms with Gasteiger partial charge in [0.1, 0.15) is 12.5 Å². The third kappa shape index (κ3) is 3.64. The fourth-order valence-corrected chi connectivity index (χ4v) is 2.08. The number of amidine groups is 1. The molecule has 0 radical (unpaired) electrons. The summed E-state index contributed by atoms with van der Waals surface area (Å²) in [4.78, 5) is 9.27. The van der Waals surface area contributed by atoms with Crippen LogP contribution in [0, 0.1) is 12.3 Å². The molecule has 4 nitrogen and oxygen atoms in total. The van der Waals surface area contributed by atoms with Crippen molar-refractivity contribution in [3.05, 3.63) is 29.3 Å². The number of aromatic nitrogens is 1. The summed E-state index contributed by atoms with van der Waals surface area (Å²) in [6.45, 7) is 8.31. The number of allylic oxidation sites excluding steroid dienone is 2. The fourth-order valence-electron chi connectivity index (χ4n) is 1.28. The third-order valence-corrected chi connectivity index (χ3v) is 3.60. The summed E-state index contributed by atoms with van der Waals surface area (Å²) in [5, 5.41) is 0.459. The second-order valence-electron chi connectivity index (χ2n) is 4.77. The number of aryl methyl sites for hydroxylation is 1. The lowest BCUT2D eigenvalue weighted by molar-refractivity contribution is 0.343.